The molecule has 4 nitrogen and oxygen atoms in total. The van der Waals surface area contributed by atoms with E-state index in [0.29, 0.717) is 11.4 Å². The number of carbonyl (C=O) groups excluding carboxylic acids is 1. The number of hydrogen-bond donors (Lipinski definition) is 2. The second kappa shape index (κ2) is 7.31. The number of hydrogen-bond acceptors (Lipinski definition) is 3. The zero-order valence-corrected chi connectivity index (χ0v) is 14.3. The van der Waals surface area contributed by atoms with E-state index in [4.69, 9.17) is 0 Å². The summed E-state index contributed by atoms with van der Waals surface area (Å²) in [7, 11) is 0. The van der Waals surface area contributed by atoms with Crippen LogP contribution >= 0.6 is 0 Å². The molecule has 0 saturated heterocycles. The molecule has 132 valence electrons. The molecule has 0 radical (unpaired) electrons. The number of aryl methyl sites for hydroxylation is 1. The number of anilines is 3. The monoisotopic (exact) mass is 353 g/mol. The largest absolute Gasteiger partial charge is 0.351 e. The molecule has 0 fully saturated rings. The first-order valence-corrected chi connectivity index (χ1v) is 8.00. The molecule has 0 spiro atoms. The standard InChI is InChI=1S/C20H17F2N3O/c1-12-5-3-8-17(13(12)2)25-20(26)18-11-14(9-10-23-18)24-19-15(21)6-4-7-16(19)22/h3-11H,1-2H3,(H,23,24)(H,25,26). The lowest BCUT2D eigenvalue weighted by atomic mass is 10.1. The van der Waals surface area contributed by atoms with Gasteiger partial charge in [-0.05, 0) is 55.3 Å². The van der Waals surface area contributed by atoms with Crippen molar-refractivity contribution in [2.24, 2.45) is 0 Å². The quantitative estimate of drug-likeness (QED) is 0.696. The number of benzene rings is 2. The topological polar surface area (TPSA) is 54.0 Å². The van der Waals surface area contributed by atoms with Crippen LogP contribution in [0.15, 0.2) is 54.7 Å². The molecule has 3 aromatic rings. The van der Waals surface area contributed by atoms with E-state index in [-0.39, 0.29) is 11.4 Å². The minimum Gasteiger partial charge on any atom is -0.351 e. The van der Waals surface area contributed by atoms with Crippen LogP contribution in [-0.2, 0) is 0 Å². The molecule has 1 aromatic heterocycles. The average molecular weight is 353 g/mol. The highest BCUT2D eigenvalue weighted by Crippen LogP contribution is 2.24. The molecule has 0 saturated carbocycles. The molecular weight excluding hydrogens is 336 g/mol. The van der Waals surface area contributed by atoms with Crippen molar-refractivity contribution >= 4 is 23.0 Å². The minimum absolute atomic E-state index is 0.132. The lowest BCUT2D eigenvalue weighted by molar-refractivity contribution is 0.102. The number of aromatic nitrogens is 1. The summed E-state index contributed by atoms with van der Waals surface area (Å²) in [6.07, 6.45) is 1.40. The molecule has 1 heterocycles. The number of amides is 1. The Morgan fingerprint density at radius 3 is 2.42 bits per heavy atom. The Balaban J connectivity index is 1.83. The van der Waals surface area contributed by atoms with Gasteiger partial charge in [-0.15, -0.1) is 0 Å². The van der Waals surface area contributed by atoms with Crippen LogP contribution in [0.25, 0.3) is 0 Å². The van der Waals surface area contributed by atoms with Crippen LogP contribution in [0.4, 0.5) is 25.8 Å². The Bertz CT molecular complexity index is 953. The zero-order valence-electron chi connectivity index (χ0n) is 14.3. The molecule has 1 amide bonds. The van der Waals surface area contributed by atoms with Gasteiger partial charge in [0.2, 0.25) is 0 Å². The second-order valence-electron chi connectivity index (χ2n) is 5.85. The van der Waals surface area contributed by atoms with Crippen LogP contribution < -0.4 is 10.6 Å². The van der Waals surface area contributed by atoms with Gasteiger partial charge in [-0.25, -0.2) is 8.78 Å². The molecule has 26 heavy (non-hydrogen) atoms. The number of carbonyl (C=O) groups is 1. The minimum atomic E-state index is -0.719. The predicted molar refractivity (Wildman–Crippen MR) is 97.7 cm³/mol. The maximum Gasteiger partial charge on any atom is 0.274 e. The summed E-state index contributed by atoms with van der Waals surface area (Å²) in [6.45, 7) is 3.87. The van der Waals surface area contributed by atoms with Gasteiger partial charge in [0, 0.05) is 17.6 Å². The third-order valence-corrected chi connectivity index (χ3v) is 4.08. The van der Waals surface area contributed by atoms with E-state index in [9.17, 15) is 13.6 Å². The fourth-order valence-corrected chi connectivity index (χ4v) is 2.47. The van der Waals surface area contributed by atoms with E-state index in [0.717, 1.165) is 23.3 Å². The third-order valence-electron chi connectivity index (χ3n) is 4.08. The van der Waals surface area contributed by atoms with E-state index in [1.54, 1.807) is 6.07 Å². The van der Waals surface area contributed by atoms with Crippen LogP contribution in [-0.4, -0.2) is 10.9 Å². The summed E-state index contributed by atoms with van der Waals surface area (Å²) < 4.78 is 27.5. The summed E-state index contributed by atoms with van der Waals surface area (Å²) in [4.78, 5) is 16.5. The van der Waals surface area contributed by atoms with Gasteiger partial charge in [-0.2, -0.15) is 0 Å². The predicted octanol–water partition coefficient (Wildman–Crippen LogP) is 4.97. The van der Waals surface area contributed by atoms with Crippen molar-refractivity contribution in [3.8, 4) is 0 Å². The number of rotatable bonds is 4. The third kappa shape index (κ3) is 3.69. The fraction of sp³-hybridized carbons (Fsp3) is 0.100. The molecule has 0 aliphatic rings. The van der Waals surface area contributed by atoms with E-state index in [2.05, 4.69) is 15.6 Å². The van der Waals surface area contributed by atoms with Crippen LogP contribution in [0.3, 0.4) is 0 Å². The van der Waals surface area contributed by atoms with Crippen LogP contribution in [0.2, 0.25) is 0 Å². The highest BCUT2D eigenvalue weighted by atomic mass is 19.1. The number of para-hydroxylation sites is 1. The van der Waals surface area contributed by atoms with E-state index < -0.39 is 17.5 Å². The number of pyridine rings is 1. The summed E-state index contributed by atoms with van der Waals surface area (Å²) in [5, 5.41) is 5.45. The molecule has 2 aromatic carbocycles. The lowest BCUT2D eigenvalue weighted by Gasteiger charge is -2.12. The van der Waals surface area contributed by atoms with Crippen molar-refractivity contribution in [1.82, 2.24) is 4.98 Å². The van der Waals surface area contributed by atoms with Crippen molar-refractivity contribution < 1.29 is 13.6 Å². The summed E-state index contributed by atoms with van der Waals surface area (Å²) in [5.74, 6) is -1.84. The molecule has 0 bridgehead atoms. The molecule has 3 rings (SSSR count). The van der Waals surface area contributed by atoms with Gasteiger partial charge >= 0.3 is 0 Å². The Labute approximate surface area is 149 Å². The maximum absolute atomic E-state index is 13.8. The number of nitrogens with one attached hydrogen (secondary N) is 2. The van der Waals surface area contributed by atoms with Crippen LogP contribution in [0.1, 0.15) is 21.6 Å². The summed E-state index contributed by atoms with van der Waals surface area (Å²) >= 11 is 0. The first-order valence-electron chi connectivity index (χ1n) is 8.00. The van der Waals surface area contributed by atoms with Crippen LogP contribution in [0.5, 0.6) is 0 Å². The van der Waals surface area contributed by atoms with Crippen molar-refractivity contribution in [2.45, 2.75) is 13.8 Å². The van der Waals surface area contributed by atoms with E-state index in [1.807, 2.05) is 26.0 Å². The molecule has 0 atom stereocenters. The van der Waals surface area contributed by atoms with Gasteiger partial charge in [-0.3, -0.25) is 9.78 Å². The molecule has 6 heteroatoms. The Morgan fingerprint density at radius 2 is 1.69 bits per heavy atom. The van der Waals surface area contributed by atoms with Gasteiger partial charge in [0.1, 0.15) is 23.0 Å². The Hall–Kier alpha value is -3.28. The molecule has 0 aliphatic heterocycles. The van der Waals surface area contributed by atoms with E-state index in [1.165, 1.54) is 24.4 Å². The first kappa shape index (κ1) is 17.5. The maximum atomic E-state index is 13.8. The average Bonchev–Trinajstić information content (AvgIpc) is 2.62. The second-order valence-corrected chi connectivity index (χ2v) is 5.85. The van der Waals surface area contributed by atoms with Gasteiger partial charge in [0.05, 0.1) is 0 Å². The number of halogens is 2. The van der Waals surface area contributed by atoms with Gasteiger partial charge < -0.3 is 10.6 Å². The summed E-state index contributed by atoms with van der Waals surface area (Å²) in [6, 6.07) is 12.2. The van der Waals surface area contributed by atoms with Crippen molar-refractivity contribution in [1.29, 1.82) is 0 Å². The lowest BCUT2D eigenvalue weighted by Crippen LogP contribution is -2.15. The van der Waals surface area contributed by atoms with Crippen molar-refractivity contribution in [3.63, 3.8) is 0 Å². The SMILES string of the molecule is Cc1cccc(NC(=O)c2cc(Nc3c(F)cccc3F)ccn2)c1C. The first-order chi connectivity index (χ1) is 12.5. The van der Waals surface area contributed by atoms with E-state index >= 15 is 0 Å². The molecule has 2 N–H and O–H groups in total. The van der Waals surface area contributed by atoms with Gasteiger partial charge in [0.25, 0.3) is 5.91 Å². The Morgan fingerprint density at radius 1 is 1.00 bits per heavy atom. The smallest absolute Gasteiger partial charge is 0.274 e. The molecule has 0 aliphatic carbocycles. The fourth-order valence-electron chi connectivity index (χ4n) is 2.47. The summed E-state index contributed by atoms with van der Waals surface area (Å²) in [5.41, 5.74) is 2.92. The molecular formula is C20H17F2N3O. The highest BCUT2D eigenvalue weighted by molar-refractivity contribution is 6.03. The van der Waals surface area contributed by atoms with Gasteiger partial charge in [-0.1, -0.05) is 18.2 Å². The number of nitrogens with zero attached hydrogens (tertiary/aromatic N) is 1. The molecule has 0 unspecified atom stereocenters. The van der Waals surface area contributed by atoms with Gasteiger partial charge in [0.15, 0.2) is 0 Å². The Kier molecular flexibility index (Phi) is 4.93. The van der Waals surface area contributed by atoms with Crippen molar-refractivity contribution in [2.75, 3.05) is 10.6 Å². The van der Waals surface area contributed by atoms with Crippen molar-refractivity contribution in [3.05, 3.63) is 83.2 Å². The highest BCUT2D eigenvalue weighted by Gasteiger charge is 2.13. The zero-order chi connectivity index (χ0) is 18.7. The normalized spacial score (nSPS) is 10.5. The van der Waals surface area contributed by atoms with Crippen LogP contribution in [0, 0.1) is 25.5 Å².